The average molecular weight is 171 g/mol. The number of carbonyl (C=O) groups excluding carboxylic acids is 1. The Kier molecular flexibility index (Phi) is 1.32. The lowest BCUT2D eigenvalue weighted by Crippen LogP contribution is -2.43. The van der Waals surface area contributed by atoms with E-state index >= 15 is 0 Å². The third kappa shape index (κ3) is 1.06. The fraction of sp³-hybridized carbons (Fsp3) is 0.875. The van der Waals surface area contributed by atoms with Gasteiger partial charge in [0, 0.05) is 16.8 Å². The van der Waals surface area contributed by atoms with Crippen LogP contribution >= 0.6 is 11.8 Å². The van der Waals surface area contributed by atoms with Crippen molar-refractivity contribution >= 4 is 17.0 Å². The van der Waals surface area contributed by atoms with E-state index in [-0.39, 0.29) is 10.8 Å². The smallest absolute Gasteiger partial charge is 0.282 e. The minimum atomic E-state index is 0.0278. The predicted octanol–water partition coefficient (Wildman–Crippen LogP) is 2.09. The van der Waals surface area contributed by atoms with Crippen molar-refractivity contribution in [3.8, 4) is 0 Å². The summed E-state index contributed by atoms with van der Waals surface area (Å²) < 4.78 is 0. The van der Waals surface area contributed by atoms with Crippen LogP contribution in [0.4, 0.5) is 4.79 Å². The van der Waals surface area contributed by atoms with Gasteiger partial charge in [-0.15, -0.1) is 0 Å². The molecule has 0 aromatic rings. The first-order valence-corrected chi connectivity index (χ1v) is 4.88. The molecule has 2 aliphatic rings. The van der Waals surface area contributed by atoms with Crippen LogP contribution in [0.15, 0.2) is 0 Å². The van der Waals surface area contributed by atoms with Gasteiger partial charge >= 0.3 is 0 Å². The number of nitrogens with zero attached hydrogens (tertiary/aromatic N) is 1. The highest BCUT2D eigenvalue weighted by Gasteiger charge is 2.55. The van der Waals surface area contributed by atoms with Gasteiger partial charge in [0.1, 0.15) is 0 Å². The highest BCUT2D eigenvalue weighted by molar-refractivity contribution is 8.14. The quantitative estimate of drug-likeness (QED) is 0.556. The Morgan fingerprint density at radius 1 is 1.55 bits per heavy atom. The molecule has 0 radical (unpaired) electrons. The zero-order chi connectivity index (χ0) is 8.22. The molecule has 11 heavy (non-hydrogen) atoms. The van der Waals surface area contributed by atoms with E-state index in [0.29, 0.717) is 11.3 Å². The van der Waals surface area contributed by atoms with Gasteiger partial charge in [0.2, 0.25) is 0 Å². The van der Waals surface area contributed by atoms with Crippen molar-refractivity contribution in [2.75, 3.05) is 0 Å². The minimum absolute atomic E-state index is 0.0278. The zero-order valence-electron chi connectivity index (χ0n) is 7.13. The second kappa shape index (κ2) is 1.94. The Balaban J connectivity index is 2.19. The van der Waals surface area contributed by atoms with Gasteiger partial charge in [-0.3, -0.25) is 4.79 Å². The molecule has 0 aromatic carbocycles. The van der Waals surface area contributed by atoms with E-state index in [2.05, 4.69) is 20.8 Å². The van der Waals surface area contributed by atoms with Crippen molar-refractivity contribution in [3.63, 3.8) is 0 Å². The summed E-state index contributed by atoms with van der Waals surface area (Å²) in [7, 11) is 0. The van der Waals surface area contributed by atoms with Crippen molar-refractivity contribution in [3.05, 3.63) is 0 Å². The van der Waals surface area contributed by atoms with Crippen molar-refractivity contribution in [2.24, 2.45) is 0 Å². The van der Waals surface area contributed by atoms with Gasteiger partial charge in [-0.05, 0) is 27.2 Å². The molecule has 1 saturated heterocycles. The first-order chi connectivity index (χ1) is 5.00. The third-order valence-electron chi connectivity index (χ3n) is 2.20. The minimum Gasteiger partial charge on any atom is -0.325 e. The number of carbonyl (C=O) groups is 1. The molecular weight excluding hydrogens is 158 g/mol. The maximum absolute atomic E-state index is 11.4. The van der Waals surface area contributed by atoms with Crippen LogP contribution in [-0.2, 0) is 0 Å². The average Bonchev–Trinajstić information content (AvgIpc) is 2.38. The Bertz CT molecular complexity index is 209. The lowest BCUT2D eigenvalue weighted by atomic mass is 10.1. The molecule has 0 aromatic heterocycles. The molecule has 2 unspecified atom stereocenters. The first-order valence-electron chi connectivity index (χ1n) is 4.00. The van der Waals surface area contributed by atoms with E-state index in [1.54, 1.807) is 0 Å². The first kappa shape index (κ1) is 7.47. The molecule has 3 heteroatoms. The standard InChI is InChI=1S/C8H13NOS/c1-8(2,3)9-5-4-6(5)11-7(9)10/h5-6H,4H2,1-3H3. The summed E-state index contributed by atoms with van der Waals surface area (Å²) in [6.07, 6.45) is 1.22. The molecule has 62 valence electrons. The molecule has 2 rings (SSSR count). The zero-order valence-corrected chi connectivity index (χ0v) is 7.94. The van der Waals surface area contributed by atoms with Crippen LogP contribution in [0.3, 0.4) is 0 Å². The molecule has 2 fully saturated rings. The second-order valence-electron chi connectivity index (χ2n) is 4.27. The Hall–Kier alpha value is -0.180. The molecule has 0 N–H and O–H groups in total. The summed E-state index contributed by atoms with van der Waals surface area (Å²) in [4.78, 5) is 13.4. The Morgan fingerprint density at radius 2 is 2.18 bits per heavy atom. The van der Waals surface area contributed by atoms with E-state index in [9.17, 15) is 4.79 Å². The van der Waals surface area contributed by atoms with Crippen LogP contribution in [0.1, 0.15) is 27.2 Å². The maximum Gasteiger partial charge on any atom is 0.282 e. The second-order valence-corrected chi connectivity index (χ2v) is 5.46. The number of fused-ring (bicyclic) bond motifs is 1. The van der Waals surface area contributed by atoms with Gasteiger partial charge in [-0.25, -0.2) is 0 Å². The maximum atomic E-state index is 11.4. The van der Waals surface area contributed by atoms with Gasteiger partial charge in [0.05, 0.1) is 0 Å². The predicted molar refractivity (Wildman–Crippen MR) is 46.8 cm³/mol. The molecule has 1 heterocycles. The van der Waals surface area contributed by atoms with E-state index in [4.69, 9.17) is 0 Å². The number of amides is 1. The summed E-state index contributed by atoms with van der Waals surface area (Å²) in [6, 6.07) is 0.562. The normalized spacial score (nSPS) is 35.9. The van der Waals surface area contributed by atoms with E-state index < -0.39 is 0 Å². The van der Waals surface area contributed by atoms with Gasteiger partial charge in [-0.2, -0.15) is 0 Å². The Morgan fingerprint density at radius 3 is 2.45 bits per heavy atom. The molecule has 2 nitrogen and oxygen atoms in total. The monoisotopic (exact) mass is 171 g/mol. The van der Waals surface area contributed by atoms with Crippen LogP contribution in [0, 0.1) is 0 Å². The van der Waals surface area contributed by atoms with Gasteiger partial charge in [0.15, 0.2) is 0 Å². The molecular formula is C8H13NOS. The van der Waals surface area contributed by atoms with Crippen LogP contribution in [0.25, 0.3) is 0 Å². The Labute approximate surface area is 71.3 Å². The van der Waals surface area contributed by atoms with Gasteiger partial charge in [0.25, 0.3) is 5.24 Å². The summed E-state index contributed by atoms with van der Waals surface area (Å²) in [5.41, 5.74) is 0.0278. The largest absolute Gasteiger partial charge is 0.325 e. The topological polar surface area (TPSA) is 20.3 Å². The van der Waals surface area contributed by atoms with Crippen molar-refractivity contribution in [2.45, 2.75) is 44.0 Å². The summed E-state index contributed by atoms with van der Waals surface area (Å²) in [6.45, 7) is 6.31. The highest BCUT2D eigenvalue weighted by Crippen LogP contribution is 2.50. The summed E-state index contributed by atoms with van der Waals surface area (Å²) >= 11 is 1.52. The molecule has 1 saturated carbocycles. The van der Waals surface area contributed by atoms with Crippen molar-refractivity contribution in [1.82, 2.24) is 4.90 Å². The lowest BCUT2D eigenvalue weighted by molar-refractivity contribution is 0.166. The molecule has 0 spiro atoms. The van der Waals surface area contributed by atoms with E-state index in [1.165, 1.54) is 18.2 Å². The van der Waals surface area contributed by atoms with E-state index in [1.807, 2.05) is 4.90 Å². The van der Waals surface area contributed by atoms with Crippen molar-refractivity contribution < 1.29 is 4.79 Å². The third-order valence-corrected chi connectivity index (χ3v) is 3.41. The van der Waals surface area contributed by atoms with Gasteiger partial charge < -0.3 is 4.90 Å². The molecule has 0 bridgehead atoms. The molecule has 2 atom stereocenters. The van der Waals surface area contributed by atoms with Crippen LogP contribution in [0.2, 0.25) is 0 Å². The molecule has 1 aliphatic carbocycles. The van der Waals surface area contributed by atoms with Gasteiger partial charge in [-0.1, -0.05) is 11.8 Å². The van der Waals surface area contributed by atoms with Crippen LogP contribution < -0.4 is 0 Å². The SMILES string of the molecule is CC(C)(C)N1C(=O)SC2CC21. The van der Waals surface area contributed by atoms with Crippen LogP contribution in [0.5, 0.6) is 0 Å². The van der Waals surface area contributed by atoms with E-state index in [0.717, 1.165) is 0 Å². The van der Waals surface area contributed by atoms with Crippen LogP contribution in [-0.4, -0.2) is 27.0 Å². The lowest BCUT2D eigenvalue weighted by Gasteiger charge is -2.32. The molecule has 1 amide bonds. The molecule has 1 aliphatic heterocycles. The summed E-state index contributed by atoms with van der Waals surface area (Å²) in [5, 5.41) is 0.903. The number of hydrogen-bond donors (Lipinski definition) is 0. The number of thioether (sulfide) groups is 1. The van der Waals surface area contributed by atoms with Crippen molar-refractivity contribution in [1.29, 1.82) is 0 Å². The fourth-order valence-electron chi connectivity index (χ4n) is 1.65. The fourth-order valence-corrected chi connectivity index (χ4v) is 3.00. The number of hydrogen-bond acceptors (Lipinski definition) is 2. The number of rotatable bonds is 0. The highest BCUT2D eigenvalue weighted by atomic mass is 32.2. The summed E-state index contributed by atoms with van der Waals surface area (Å²) in [5.74, 6) is 0.